The quantitative estimate of drug-likeness (QED) is 0.786. The second-order valence-corrected chi connectivity index (χ2v) is 6.62. The molecule has 0 amide bonds. The number of esters is 1. The molecule has 0 fully saturated rings. The summed E-state index contributed by atoms with van der Waals surface area (Å²) < 4.78 is 31.1. The molecule has 2 aromatic carbocycles. The number of benzene rings is 2. The van der Waals surface area contributed by atoms with Crippen molar-refractivity contribution in [3.05, 3.63) is 59.6 Å². The van der Waals surface area contributed by atoms with Crippen LogP contribution in [0.4, 0.5) is 5.69 Å². The molecule has 0 spiro atoms. The summed E-state index contributed by atoms with van der Waals surface area (Å²) in [6.07, 6.45) is 0. The van der Waals surface area contributed by atoms with Crippen LogP contribution in [-0.4, -0.2) is 28.0 Å². The fourth-order valence-corrected chi connectivity index (χ4v) is 3.59. The Morgan fingerprint density at radius 3 is 2.27 bits per heavy atom. The molecule has 0 radical (unpaired) electrons. The van der Waals surface area contributed by atoms with E-state index in [-0.39, 0.29) is 15.6 Å². The van der Waals surface area contributed by atoms with Crippen LogP contribution < -0.4 is 4.31 Å². The Hall–Kier alpha value is -2.05. The summed E-state index contributed by atoms with van der Waals surface area (Å²) >= 11 is 6.08. The smallest absolute Gasteiger partial charge is 0.326 e. The van der Waals surface area contributed by atoms with Crippen molar-refractivity contribution in [2.24, 2.45) is 0 Å². The molecule has 0 unspecified atom stereocenters. The minimum absolute atomic E-state index is 0.0684. The minimum atomic E-state index is -3.93. The van der Waals surface area contributed by atoms with Crippen LogP contribution in [0.3, 0.4) is 0 Å². The summed E-state index contributed by atoms with van der Waals surface area (Å²) in [7, 11) is -2.74. The van der Waals surface area contributed by atoms with Crippen LogP contribution >= 0.6 is 11.6 Å². The molecule has 22 heavy (non-hydrogen) atoms. The summed E-state index contributed by atoms with van der Waals surface area (Å²) in [5.74, 6) is -0.681. The number of sulfonamides is 1. The predicted octanol–water partition coefficient (Wildman–Crippen LogP) is 2.71. The van der Waals surface area contributed by atoms with E-state index in [4.69, 9.17) is 11.6 Å². The van der Waals surface area contributed by atoms with Crippen molar-refractivity contribution in [1.29, 1.82) is 0 Å². The summed E-state index contributed by atoms with van der Waals surface area (Å²) in [6.45, 7) is -0.461. The largest absolute Gasteiger partial charge is 0.468 e. The van der Waals surface area contributed by atoms with Crippen LogP contribution in [0, 0.1) is 0 Å². The normalized spacial score (nSPS) is 11.0. The lowest BCUT2D eigenvalue weighted by Gasteiger charge is -2.24. The summed E-state index contributed by atoms with van der Waals surface area (Å²) in [5, 5.41) is 0.228. The third kappa shape index (κ3) is 3.40. The van der Waals surface area contributed by atoms with Gasteiger partial charge in [-0.25, -0.2) is 8.42 Å². The Kier molecular flexibility index (Phi) is 5.05. The maximum atomic E-state index is 12.8. The van der Waals surface area contributed by atoms with Crippen molar-refractivity contribution >= 4 is 33.3 Å². The maximum Gasteiger partial charge on any atom is 0.326 e. The number of carbonyl (C=O) groups excluding carboxylic acids is 1. The molecule has 0 aliphatic carbocycles. The summed E-state index contributed by atoms with van der Waals surface area (Å²) in [4.78, 5) is 11.7. The van der Waals surface area contributed by atoms with E-state index in [9.17, 15) is 13.2 Å². The molecular formula is C15H14ClNO4S. The average molecular weight is 340 g/mol. The molecule has 0 aliphatic heterocycles. The zero-order valence-electron chi connectivity index (χ0n) is 11.8. The van der Waals surface area contributed by atoms with E-state index < -0.39 is 22.5 Å². The zero-order chi connectivity index (χ0) is 16.2. The fourth-order valence-electron chi connectivity index (χ4n) is 1.86. The monoisotopic (exact) mass is 339 g/mol. The minimum Gasteiger partial charge on any atom is -0.468 e. The van der Waals surface area contributed by atoms with E-state index in [0.717, 1.165) is 4.31 Å². The second kappa shape index (κ2) is 6.81. The van der Waals surface area contributed by atoms with Crippen molar-refractivity contribution in [1.82, 2.24) is 0 Å². The van der Waals surface area contributed by atoms with Gasteiger partial charge in [0.05, 0.1) is 22.7 Å². The van der Waals surface area contributed by atoms with Crippen LogP contribution in [0.15, 0.2) is 59.5 Å². The van der Waals surface area contributed by atoms with Gasteiger partial charge < -0.3 is 4.74 Å². The molecule has 5 nitrogen and oxygen atoms in total. The van der Waals surface area contributed by atoms with Gasteiger partial charge in [0, 0.05) is 0 Å². The van der Waals surface area contributed by atoms with Crippen LogP contribution in [0.2, 0.25) is 5.02 Å². The molecule has 116 valence electrons. The van der Waals surface area contributed by atoms with Crippen LogP contribution in [-0.2, 0) is 19.6 Å². The third-order valence-corrected chi connectivity index (χ3v) is 5.05. The van der Waals surface area contributed by atoms with Crippen molar-refractivity contribution in [3.63, 3.8) is 0 Å². The SMILES string of the molecule is COC(=O)CN(c1ccccc1Cl)S(=O)(=O)c1ccccc1. The van der Waals surface area contributed by atoms with Gasteiger partial charge in [-0.2, -0.15) is 0 Å². The van der Waals surface area contributed by atoms with Crippen molar-refractivity contribution in [2.75, 3.05) is 18.0 Å². The number of ether oxygens (including phenoxy) is 1. The number of halogens is 1. The van der Waals surface area contributed by atoms with E-state index in [1.54, 1.807) is 36.4 Å². The lowest BCUT2D eigenvalue weighted by molar-refractivity contribution is -0.138. The van der Waals surface area contributed by atoms with E-state index in [1.807, 2.05) is 0 Å². The van der Waals surface area contributed by atoms with E-state index >= 15 is 0 Å². The number of hydrogen-bond acceptors (Lipinski definition) is 4. The highest BCUT2D eigenvalue weighted by Gasteiger charge is 2.28. The number of carbonyl (C=O) groups is 1. The van der Waals surface area contributed by atoms with Crippen molar-refractivity contribution in [2.45, 2.75) is 4.90 Å². The Bertz CT molecular complexity index is 762. The molecule has 0 heterocycles. The van der Waals surface area contributed by atoms with Gasteiger partial charge in [0.1, 0.15) is 6.54 Å². The molecule has 0 saturated heterocycles. The molecule has 0 N–H and O–H groups in total. The van der Waals surface area contributed by atoms with Gasteiger partial charge in [-0.3, -0.25) is 9.10 Å². The lowest BCUT2D eigenvalue weighted by Crippen LogP contribution is -2.36. The highest BCUT2D eigenvalue weighted by Crippen LogP contribution is 2.30. The molecule has 2 aromatic rings. The van der Waals surface area contributed by atoms with E-state index in [2.05, 4.69) is 4.74 Å². The predicted molar refractivity (Wildman–Crippen MR) is 84.4 cm³/mol. The second-order valence-electron chi connectivity index (χ2n) is 4.35. The topological polar surface area (TPSA) is 63.7 Å². The molecule has 0 aliphatic rings. The first-order valence-electron chi connectivity index (χ1n) is 6.36. The highest BCUT2D eigenvalue weighted by atomic mass is 35.5. The number of rotatable bonds is 5. The van der Waals surface area contributed by atoms with Crippen LogP contribution in [0.5, 0.6) is 0 Å². The van der Waals surface area contributed by atoms with Gasteiger partial charge >= 0.3 is 5.97 Å². The molecule has 7 heteroatoms. The molecule has 0 bridgehead atoms. The van der Waals surface area contributed by atoms with Crippen LogP contribution in [0.25, 0.3) is 0 Å². The van der Waals surface area contributed by atoms with Gasteiger partial charge in [-0.05, 0) is 24.3 Å². The number of nitrogens with zero attached hydrogens (tertiary/aromatic N) is 1. The number of anilines is 1. The molecule has 2 rings (SSSR count). The Morgan fingerprint density at radius 2 is 1.68 bits per heavy atom. The summed E-state index contributed by atoms with van der Waals surface area (Å²) in [5.41, 5.74) is 0.221. The highest BCUT2D eigenvalue weighted by molar-refractivity contribution is 7.92. The fraction of sp³-hybridized carbons (Fsp3) is 0.133. The van der Waals surface area contributed by atoms with Crippen molar-refractivity contribution in [3.8, 4) is 0 Å². The molecular weight excluding hydrogens is 326 g/mol. The average Bonchev–Trinajstić information content (AvgIpc) is 2.54. The van der Waals surface area contributed by atoms with Gasteiger partial charge in [0.2, 0.25) is 0 Å². The molecule has 0 aromatic heterocycles. The van der Waals surface area contributed by atoms with E-state index in [1.165, 1.54) is 25.3 Å². The first-order chi connectivity index (χ1) is 10.5. The zero-order valence-corrected chi connectivity index (χ0v) is 13.3. The van der Waals surface area contributed by atoms with Crippen LogP contribution in [0.1, 0.15) is 0 Å². The van der Waals surface area contributed by atoms with E-state index in [0.29, 0.717) is 0 Å². The third-order valence-electron chi connectivity index (χ3n) is 2.95. The Morgan fingerprint density at radius 1 is 1.09 bits per heavy atom. The Balaban J connectivity index is 2.54. The lowest BCUT2D eigenvalue weighted by atomic mass is 10.3. The summed E-state index contributed by atoms with van der Waals surface area (Å²) in [6, 6.07) is 14.2. The number of hydrogen-bond donors (Lipinski definition) is 0. The van der Waals surface area contributed by atoms with Gasteiger partial charge in [-0.1, -0.05) is 41.9 Å². The number of methoxy groups -OCH3 is 1. The van der Waals surface area contributed by atoms with Gasteiger partial charge in [-0.15, -0.1) is 0 Å². The molecule has 0 saturated carbocycles. The standard InChI is InChI=1S/C15H14ClNO4S/c1-21-15(18)11-17(14-10-6-5-9-13(14)16)22(19,20)12-7-3-2-4-8-12/h2-10H,11H2,1H3. The molecule has 0 atom stereocenters. The first kappa shape index (κ1) is 16.3. The first-order valence-corrected chi connectivity index (χ1v) is 8.17. The van der Waals surface area contributed by atoms with Crippen molar-refractivity contribution < 1.29 is 17.9 Å². The Labute approximate surface area is 134 Å². The number of para-hydroxylation sites is 1. The van der Waals surface area contributed by atoms with Gasteiger partial charge in [0.25, 0.3) is 10.0 Å². The van der Waals surface area contributed by atoms with Gasteiger partial charge in [0.15, 0.2) is 0 Å². The maximum absolute atomic E-state index is 12.8.